The largest absolute Gasteiger partial charge is 0.304 e. The molecule has 2 unspecified atom stereocenters. The van der Waals surface area contributed by atoms with Crippen LogP contribution in [0.25, 0.3) is 0 Å². The van der Waals surface area contributed by atoms with Crippen molar-refractivity contribution in [2.75, 3.05) is 13.1 Å². The Bertz CT molecular complexity index is 148. The van der Waals surface area contributed by atoms with Gasteiger partial charge >= 0.3 is 0 Å². The van der Waals surface area contributed by atoms with Crippen molar-refractivity contribution in [2.24, 2.45) is 11.8 Å². The summed E-state index contributed by atoms with van der Waals surface area (Å²) in [4.78, 5) is 0. The first-order valence-corrected chi connectivity index (χ1v) is 4.42. The van der Waals surface area contributed by atoms with Crippen LogP contribution >= 0.6 is 0 Å². The van der Waals surface area contributed by atoms with E-state index in [0.717, 1.165) is 18.4 Å². The maximum absolute atomic E-state index is 8.29. The molecule has 2 heteroatoms. The Labute approximate surface area is 68.6 Å². The predicted octanol–water partition coefficient (Wildman–Crippen LogP) is 1.54. The number of nitrogens with one attached hydrogen (secondary N) is 1. The lowest BCUT2D eigenvalue weighted by atomic mass is 9.98. The van der Waals surface area contributed by atoms with Gasteiger partial charge in [0.25, 0.3) is 0 Å². The van der Waals surface area contributed by atoms with E-state index < -0.39 is 0 Å². The summed E-state index contributed by atoms with van der Waals surface area (Å²) in [5, 5.41) is 11.4. The summed E-state index contributed by atoms with van der Waals surface area (Å²) >= 11 is 0. The van der Waals surface area contributed by atoms with E-state index in [-0.39, 0.29) is 0 Å². The van der Waals surface area contributed by atoms with E-state index in [0.29, 0.717) is 6.54 Å². The third kappa shape index (κ3) is 2.51. The lowest BCUT2D eigenvalue weighted by molar-refractivity contribution is 0.400. The predicted molar refractivity (Wildman–Crippen MR) is 45.0 cm³/mol. The Kier molecular flexibility index (Phi) is 3.38. The summed E-state index contributed by atoms with van der Waals surface area (Å²) in [5.41, 5.74) is 0. The molecule has 0 radical (unpaired) electrons. The summed E-state index contributed by atoms with van der Waals surface area (Å²) in [6.07, 6.45) is 4.10. The fourth-order valence-corrected chi connectivity index (χ4v) is 1.84. The van der Waals surface area contributed by atoms with Gasteiger partial charge in [0.2, 0.25) is 0 Å². The molecule has 1 aliphatic rings. The zero-order valence-electron chi connectivity index (χ0n) is 7.14. The third-order valence-corrected chi connectivity index (χ3v) is 2.65. The standard InChI is InChI=1S/C9H16N2/c1-8-3-2-4-9(8)7-11-6-5-10/h8-9,11H,2-4,6-7H2,1H3. The van der Waals surface area contributed by atoms with Crippen molar-refractivity contribution in [2.45, 2.75) is 26.2 Å². The van der Waals surface area contributed by atoms with E-state index in [1.54, 1.807) is 0 Å². The van der Waals surface area contributed by atoms with Crippen LogP contribution in [0.5, 0.6) is 0 Å². The second-order valence-electron chi connectivity index (χ2n) is 3.46. The van der Waals surface area contributed by atoms with E-state index in [1.807, 2.05) is 0 Å². The monoisotopic (exact) mass is 152 g/mol. The molecule has 1 fully saturated rings. The summed E-state index contributed by atoms with van der Waals surface area (Å²) < 4.78 is 0. The average Bonchev–Trinajstić information content (AvgIpc) is 2.37. The van der Waals surface area contributed by atoms with Crippen LogP contribution in [-0.2, 0) is 0 Å². The number of hydrogen-bond acceptors (Lipinski definition) is 2. The van der Waals surface area contributed by atoms with Gasteiger partial charge in [0, 0.05) is 0 Å². The minimum absolute atomic E-state index is 0.503. The molecule has 0 aliphatic heterocycles. The maximum atomic E-state index is 8.29. The zero-order valence-corrected chi connectivity index (χ0v) is 7.14. The smallest absolute Gasteiger partial charge is 0.0841 e. The molecule has 1 aliphatic carbocycles. The summed E-state index contributed by atoms with van der Waals surface area (Å²) in [5.74, 6) is 1.68. The van der Waals surface area contributed by atoms with Crippen molar-refractivity contribution in [3.8, 4) is 6.07 Å². The van der Waals surface area contributed by atoms with E-state index in [2.05, 4.69) is 18.3 Å². The fraction of sp³-hybridized carbons (Fsp3) is 0.889. The quantitative estimate of drug-likeness (QED) is 0.492. The Morgan fingerprint density at radius 2 is 2.36 bits per heavy atom. The molecular weight excluding hydrogens is 136 g/mol. The van der Waals surface area contributed by atoms with Crippen molar-refractivity contribution >= 4 is 0 Å². The highest BCUT2D eigenvalue weighted by atomic mass is 14.9. The van der Waals surface area contributed by atoms with Gasteiger partial charge in [-0.2, -0.15) is 5.26 Å². The molecule has 1 rings (SSSR count). The molecule has 0 aromatic carbocycles. The lowest BCUT2D eigenvalue weighted by Gasteiger charge is -2.14. The molecule has 0 heterocycles. The zero-order chi connectivity index (χ0) is 8.10. The van der Waals surface area contributed by atoms with Crippen molar-refractivity contribution in [1.82, 2.24) is 5.32 Å². The van der Waals surface area contributed by atoms with Crippen LogP contribution in [0.2, 0.25) is 0 Å². The van der Waals surface area contributed by atoms with Crippen LogP contribution < -0.4 is 5.32 Å². The van der Waals surface area contributed by atoms with Crippen LogP contribution in [0.3, 0.4) is 0 Å². The number of rotatable bonds is 3. The van der Waals surface area contributed by atoms with E-state index in [4.69, 9.17) is 5.26 Å². The van der Waals surface area contributed by atoms with Crippen LogP contribution in [0.15, 0.2) is 0 Å². The fourth-order valence-electron chi connectivity index (χ4n) is 1.84. The minimum atomic E-state index is 0.503. The Morgan fingerprint density at radius 1 is 1.55 bits per heavy atom. The van der Waals surface area contributed by atoms with Gasteiger partial charge in [0.1, 0.15) is 0 Å². The van der Waals surface area contributed by atoms with Gasteiger partial charge in [0.05, 0.1) is 12.6 Å². The van der Waals surface area contributed by atoms with Gasteiger partial charge in [-0.15, -0.1) is 0 Å². The highest BCUT2D eigenvalue weighted by Gasteiger charge is 2.22. The van der Waals surface area contributed by atoms with Crippen molar-refractivity contribution in [1.29, 1.82) is 5.26 Å². The van der Waals surface area contributed by atoms with Crippen molar-refractivity contribution < 1.29 is 0 Å². The Balaban J connectivity index is 2.11. The molecule has 0 aromatic heterocycles. The van der Waals surface area contributed by atoms with Crippen molar-refractivity contribution in [3.05, 3.63) is 0 Å². The molecular formula is C9H16N2. The molecule has 0 spiro atoms. The first-order chi connectivity index (χ1) is 5.34. The van der Waals surface area contributed by atoms with E-state index in [9.17, 15) is 0 Å². The van der Waals surface area contributed by atoms with Crippen LogP contribution in [0.1, 0.15) is 26.2 Å². The summed E-state index contributed by atoms with van der Waals surface area (Å²) in [7, 11) is 0. The van der Waals surface area contributed by atoms with Gasteiger partial charge in [-0.3, -0.25) is 0 Å². The number of nitriles is 1. The van der Waals surface area contributed by atoms with Crippen molar-refractivity contribution in [3.63, 3.8) is 0 Å². The first kappa shape index (κ1) is 8.55. The third-order valence-electron chi connectivity index (χ3n) is 2.65. The molecule has 1 N–H and O–H groups in total. The normalized spacial score (nSPS) is 30.2. The van der Waals surface area contributed by atoms with Gasteiger partial charge in [-0.1, -0.05) is 19.8 Å². The number of nitrogens with zero attached hydrogens (tertiary/aromatic N) is 1. The molecule has 2 atom stereocenters. The maximum Gasteiger partial charge on any atom is 0.0841 e. The van der Waals surface area contributed by atoms with Gasteiger partial charge < -0.3 is 5.32 Å². The van der Waals surface area contributed by atoms with Crippen LogP contribution in [-0.4, -0.2) is 13.1 Å². The SMILES string of the molecule is CC1CCCC1CNCC#N. The van der Waals surface area contributed by atoms with Gasteiger partial charge in [-0.05, 0) is 24.8 Å². The second-order valence-corrected chi connectivity index (χ2v) is 3.46. The molecule has 1 saturated carbocycles. The highest BCUT2D eigenvalue weighted by molar-refractivity contribution is 4.79. The minimum Gasteiger partial charge on any atom is -0.304 e. The van der Waals surface area contributed by atoms with Gasteiger partial charge in [0.15, 0.2) is 0 Å². The van der Waals surface area contributed by atoms with Crippen LogP contribution in [0.4, 0.5) is 0 Å². The molecule has 0 saturated heterocycles. The van der Waals surface area contributed by atoms with E-state index >= 15 is 0 Å². The summed E-state index contributed by atoms with van der Waals surface area (Å²) in [6, 6.07) is 2.10. The molecule has 62 valence electrons. The average molecular weight is 152 g/mol. The molecule has 0 bridgehead atoms. The Morgan fingerprint density at radius 3 is 2.91 bits per heavy atom. The molecule has 0 amide bonds. The molecule has 0 aromatic rings. The number of hydrogen-bond donors (Lipinski definition) is 1. The first-order valence-electron chi connectivity index (χ1n) is 4.42. The topological polar surface area (TPSA) is 35.8 Å². The van der Waals surface area contributed by atoms with Crippen LogP contribution in [0, 0.1) is 23.2 Å². The molecule has 2 nitrogen and oxygen atoms in total. The highest BCUT2D eigenvalue weighted by Crippen LogP contribution is 2.30. The second kappa shape index (κ2) is 4.35. The lowest BCUT2D eigenvalue weighted by Crippen LogP contribution is -2.24. The molecule has 11 heavy (non-hydrogen) atoms. The Hall–Kier alpha value is -0.550. The summed E-state index contributed by atoms with van der Waals surface area (Å²) in [6.45, 7) is 3.85. The van der Waals surface area contributed by atoms with Gasteiger partial charge in [-0.25, -0.2) is 0 Å². The van der Waals surface area contributed by atoms with E-state index in [1.165, 1.54) is 19.3 Å².